The minimum absolute atomic E-state index is 0.184. The summed E-state index contributed by atoms with van der Waals surface area (Å²) in [6, 6.07) is 5.08. The van der Waals surface area contributed by atoms with Gasteiger partial charge in [-0.05, 0) is 25.3 Å². The number of nitrogens with one attached hydrogen (secondary N) is 1. The number of hydrogen-bond donors (Lipinski definition) is 1. The van der Waals surface area contributed by atoms with Crippen LogP contribution in [0.5, 0.6) is 0 Å². The molecule has 0 aliphatic carbocycles. The van der Waals surface area contributed by atoms with Crippen molar-refractivity contribution in [3.05, 3.63) is 28.2 Å². The molecule has 1 aromatic carbocycles. The molecule has 0 aliphatic rings. The highest BCUT2D eigenvalue weighted by molar-refractivity contribution is 8.03. The first-order valence-corrected chi connectivity index (χ1v) is 9.48. The van der Waals surface area contributed by atoms with Crippen molar-refractivity contribution < 1.29 is 4.79 Å². The van der Waals surface area contributed by atoms with Gasteiger partial charge in [-0.25, -0.2) is 0 Å². The molecule has 1 aromatic heterocycles. The zero-order valence-electron chi connectivity index (χ0n) is 11.1. The van der Waals surface area contributed by atoms with Gasteiger partial charge in [0.1, 0.15) is 0 Å². The van der Waals surface area contributed by atoms with Crippen LogP contribution in [0.25, 0.3) is 0 Å². The first-order chi connectivity index (χ1) is 10.0. The molecule has 2 aromatic rings. The first-order valence-electron chi connectivity index (χ1n) is 5.80. The molecule has 1 amide bonds. The van der Waals surface area contributed by atoms with Crippen LogP contribution in [0.3, 0.4) is 0 Å². The van der Waals surface area contributed by atoms with E-state index in [4.69, 9.17) is 23.2 Å². The third kappa shape index (κ3) is 4.50. The van der Waals surface area contributed by atoms with Gasteiger partial charge in [-0.1, -0.05) is 64.1 Å². The Morgan fingerprint density at radius 2 is 1.90 bits per heavy atom. The molecule has 1 unspecified atom stereocenters. The SMILES string of the molecule is CSc1nnc(SC(C)C(=O)Nc2c(Cl)cccc2Cl)s1. The van der Waals surface area contributed by atoms with Gasteiger partial charge in [-0.3, -0.25) is 4.79 Å². The second kappa shape index (κ2) is 7.69. The minimum Gasteiger partial charge on any atom is -0.323 e. The summed E-state index contributed by atoms with van der Waals surface area (Å²) in [5.74, 6) is -0.184. The van der Waals surface area contributed by atoms with Crippen LogP contribution in [-0.4, -0.2) is 27.6 Å². The van der Waals surface area contributed by atoms with Gasteiger partial charge < -0.3 is 5.32 Å². The van der Waals surface area contributed by atoms with Crippen molar-refractivity contribution in [1.82, 2.24) is 10.2 Å². The number of carbonyl (C=O) groups is 1. The summed E-state index contributed by atoms with van der Waals surface area (Å²) >= 11 is 16.4. The number of hydrogen-bond acceptors (Lipinski definition) is 6. The maximum Gasteiger partial charge on any atom is 0.237 e. The topological polar surface area (TPSA) is 54.9 Å². The average molecular weight is 380 g/mol. The van der Waals surface area contributed by atoms with E-state index in [1.54, 1.807) is 25.1 Å². The average Bonchev–Trinajstić information content (AvgIpc) is 2.90. The lowest BCUT2D eigenvalue weighted by molar-refractivity contribution is -0.115. The van der Waals surface area contributed by atoms with Gasteiger partial charge in [0.05, 0.1) is 21.0 Å². The van der Waals surface area contributed by atoms with Crippen LogP contribution in [0.2, 0.25) is 10.0 Å². The fourth-order valence-corrected chi connectivity index (χ4v) is 4.45. The van der Waals surface area contributed by atoms with Crippen LogP contribution >= 0.6 is 58.1 Å². The second-order valence-electron chi connectivity index (χ2n) is 3.88. The first kappa shape index (κ1) is 16.9. The monoisotopic (exact) mass is 379 g/mol. The molecular formula is C12H11Cl2N3OS3. The second-order valence-corrected chi connectivity index (χ2v) is 8.32. The largest absolute Gasteiger partial charge is 0.323 e. The van der Waals surface area contributed by atoms with Gasteiger partial charge in [-0.15, -0.1) is 10.2 Å². The Bertz CT molecular complexity index is 630. The molecule has 2 rings (SSSR count). The highest BCUT2D eigenvalue weighted by Gasteiger charge is 2.19. The molecule has 4 nitrogen and oxygen atoms in total. The predicted octanol–water partition coefficient (Wildman–Crippen LogP) is 4.69. The molecule has 0 spiro atoms. The van der Waals surface area contributed by atoms with Crippen molar-refractivity contribution in [2.75, 3.05) is 11.6 Å². The van der Waals surface area contributed by atoms with Crippen molar-refractivity contribution in [3.8, 4) is 0 Å². The van der Waals surface area contributed by atoms with E-state index in [2.05, 4.69) is 15.5 Å². The molecule has 0 fully saturated rings. The summed E-state index contributed by atoms with van der Waals surface area (Å²) in [6.45, 7) is 1.80. The van der Waals surface area contributed by atoms with E-state index < -0.39 is 0 Å². The summed E-state index contributed by atoms with van der Waals surface area (Å²) < 4.78 is 1.63. The molecule has 21 heavy (non-hydrogen) atoms. The van der Waals surface area contributed by atoms with E-state index >= 15 is 0 Å². The van der Waals surface area contributed by atoms with E-state index in [0.717, 1.165) is 8.68 Å². The quantitative estimate of drug-likeness (QED) is 0.763. The smallest absolute Gasteiger partial charge is 0.237 e. The van der Waals surface area contributed by atoms with Gasteiger partial charge in [0, 0.05) is 0 Å². The standard InChI is InChI=1S/C12H11Cl2N3OS3/c1-6(20-12-17-16-11(19-2)21-12)10(18)15-9-7(13)4-3-5-8(9)14/h3-6H,1-2H3,(H,15,18). The van der Waals surface area contributed by atoms with Crippen molar-refractivity contribution in [2.24, 2.45) is 0 Å². The molecule has 0 bridgehead atoms. The van der Waals surface area contributed by atoms with Crippen molar-refractivity contribution in [2.45, 2.75) is 20.9 Å². The molecule has 1 heterocycles. The lowest BCUT2D eigenvalue weighted by atomic mass is 10.3. The van der Waals surface area contributed by atoms with Gasteiger partial charge in [-0.2, -0.15) is 0 Å². The van der Waals surface area contributed by atoms with E-state index in [9.17, 15) is 4.79 Å². The normalized spacial score (nSPS) is 12.2. The Hall–Kier alpha value is -0.470. The fraction of sp³-hybridized carbons (Fsp3) is 0.250. The van der Waals surface area contributed by atoms with Crippen molar-refractivity contribution in [1.29, 1.82) is 0 Å². The van der Waals surface area contributed by atoms with Crippen LogP contribution in [0, 0.1) is 0 Å². The number of aromatic nitrogens is 2. The van der Waals surface area contributed by atoms with E-state index in [-0.39, 0.29) is 11.2 Å². The maximum absolute atomic E-state index is 12.2. The van der Waals surface area contributed by atoms with E-state index in [1.165, 1.54) is 34.9 Å². The molecule has 0 aliphatic heterocycles. The van der Waals surface area contributed by atoms with Crippen LogP contribution in [0.15, 0.2) is 26.9 Å². The Kier molecular flexibility index (Phi) is 6.19. The number of amides is 1. The summed E-state index contributed by atoms with van der Waals surface area (Å²) in [4.78, 5) is 12.2. The lowest BCUT2D eigenvalue weighted by Gasteiger charge is -2.12. The van der Waals surface area contributed by atoms with Crippen molar-refractivity contribution >= 4 is 69.7 Å². The Morgan fingerprint density at radius 1 is 1.29 bits per heavy atom. The van der Waals surface area contributed by atoms with Gasteiger partial charge in [0.15, 0.2) is 8.68 Å². The van der Waals surface area contributed by atoms with Crippen molar-refractivity contribution in [3.63, 3.8) is 0 Å². The summed E-state index contributed by atoms with van der Waals surface area (Å²) in [5.41, 5.74) is 0.431. The Morgan fingerprint density at radius 3 is 2.48 bits per heavy atom. The predicted molar refractivity (Wildman–Crippen MR) is 92.1 cm³/mol. The van der Waals surface area contributed by atoms with Gasteiger partial charge in [0.25, 0.3) is 0 Å². The molecule has 0 radical (unpaired) electrons. The molecule has 112 valence electrons. The van der Waals surface area contributed by atoms with Gasteiger partial charge >= 0.3 is 0 Å². The highest BCUT2D eigenvalue weighted by Crippen LogP contribution is 2.33. The van der Waals surface area contributed by atoms with Crippen LogP contribution in [0.4, 0.5) is 5.69 Å². The third-order valence-electron chi connectivity index (χ3n) is 2.42. The number of rotatable bonds is 5. The van der Waals surface area contributed by atoms with Crippen LogP contribution < -0.4 is 5.32 Å². The summed E-state index contributed by atoms with van der Waals surface area (Å²) in [7, 11) is 0. The fourth-order valence-electron chi connectivity index (χ4n) is 1.37. The molecule has 9 heteroatoms. The molecule has 0 saturated heterocycles. The van der Waals surface area contributed by atoms with Crippen LogP contribution in [-0.2, 0) is 4.79 Å². The maximum atomic E-state index is 12.2. The zero-order valence-corrected chi connectivity index (χ0v) is 15.1. The Labute approximate surface area is 145 Å². The third-order valence-corrected chi connectivity index (χ3v) is 6.13. The molecule has 0 saturated carbocycles. The van der Waals surface area contributed by atoms with Crippen LogP contribution in [0.1, 0.15) is 6.92 Å². The number of carbonyl (C=O) groups excluding carboxylic acids is 1. The minimum atomic E-state index is -0.333. The number of benzene rings is 1. The van der Waals surface area contributed by atoms with E-state index in [0.29, 0.717) is 15.7 Å². The molecule has 1 N–H and O–H groups in total. The Balaban J connectivity index is 2.02. The summed E-state index contributed by atoms with van der Waals surface area (Å²) in [6.07, 6.45) is 1.94. The number of anilines is 1. The zero-order chi connectivity index (χ0) is 15.4. The number of para-hydroxylation sites is 1. The van der Waals surface area contributed by atoms with E-state index in [1.807, 2.05) is 6.26 Å². The lowest BCUT2D eigenvalue weighted by Crippen LogP contribution is -2.22. The number of thioether (sulfide) groups is 2. The highest BCUT2D eigenvalue weighted by atomic mass is 35.5. The molecule has 1 atom stereocenters. The number of halogens is 2. The molecular weight excluding hydrogens is 369 g/mol. The number of nitrogens with zero attached hydrogens (tertiary/aromatic N) is 2. The summed E-state index contributed by atoms with van der Waals surface area (Å²) in [5, 5.41) is 11.3. The van der Waals surface area contributed by atoms with Gasteiger partial charge in [0.2, 0.25) is 5.91 Å².